The van der Waals surface area contributed by atoms with Crippen molar-refractivity contribution in [1.29, 1.82) is 0 Å². The van der Waals surface area contributed by atoms with Crippen molar-refractivity contribution in [3.63, 3.8) is 0 Å². The van der Waals surface area contributed by atoms with Gasteiger partial charge >= 0.3 is 0 Å². The second kappa shape index (κ2) is 7.92. The van der Waals surface area contributed by atoms with Gasteiger partial charge in [-0.25, -0.2) is 0 Å². The molecule has 3 saturated carbocycles. The zero-order valence-corrected chi connectivity index (χ0v) is 22.7. The Morgan fingerprint density at radius 1 is 1.16 bits per heavy atom. The van der Waals surface area contributed by atoms with E-state index in [1.165, 1.54) is 24.7 Å². The highest BCUT2D eigenvalue weighted by molar-refractivity contribution is 6.74. The molecular weight excluding hydrogens is 412 g/mol. The van der Waals surface area contributed by atoms with Crippen LogP contribution in [0.25, 0.3) is 0 Å². The van der Waals surface area contributed by atoms with Crippen LogP contribution in [-0.2, 0) is 9.22 Å². The number of hydrogen-bond donors (Lipinski definition) is 1. The van der Waals surface area contributed by atoms with Crippen molar-refractivity contribution in [3.8, 4) is 0 Å². The van der Waals surface area contributed by atoms with Gasteiger partial charge in [0.05, 0.1) is 12.2 Å². The average Bonchev–Trinajstić information content (AvgIpc) is 3.04. The van der Waals surface area contributed by atoms with Crippen LogP contribution in [0.4, 0.5) is 0 Å². The van der Waals surface area contributed by atoms with E-state index in [0.29, 0.717) is 17.8 Å². The summed E-state index contributed by atoms with van der Waals surface area (Å²) in [5.74, 6) is 1.61. The van der Waals surface area contributed by atoms with Crippen molar-refractivity contribution in [2.75, 3.05) is 0 Å². The zero-order chi connectivity index (χ0) is 23.7. The van der Waals surface area contributed by atoms with E-state index in [-0.39, 0.29) is 34.0 Å². The second-order valence-corrected chi connectivity index (χ2v) is 18.2. The minimum Gasteiger partial charge on any atom is -0.414 e. The van der Waals surface area contributed by atoms with Crippen LogP contribution >= 0.6 is 0 Å². The number of carbonyl (C=O) groups is 1. The van der Waals surface area contributed by atoms with E-state index in [2.05, 4.69) is 66.8 Å². The Balaban J connectivity index is 1.62. The molecule has 4 rings (SSSR count). The first-order valence-electron chi connectivity index (χ1n) is 13.0. The van der Waals surface area contributed by atoms with E-state index in [9.17, 15) is 9.90 Å². The van der Waals surface area contributed by atoms with E-state index in [1.807, 2.05) is 0 Å². The molecule has 0 heterocycles. The fourth-order valence-electron chi connectivity index (χ4n) is 7.71. The van der Waals surface area contributed by atoms with E-state index in [0.717, 1.165) is 25.7 Å². The zero-order valence-electron chi connectivity index (χ0n) is 21.7. The first-order chi connectivity index (χ1) is 14.8. The molecule has 4 heteroatoms. The van der Waals surface area contributed by atoms with Crippen LogP contribution in [0.15, 0.2) is 23.3 Å². The molecule has 0 aromatic carbocycles. The molecular formula is C28H46O3Si. The van der Waals surface area contributed by atoms with Crippen LogP contribution < -0.4 is 0 Å². The highest BCUT2D eigenvalue weighted by Gasteiger charge is 2.59. The lowest BCUT2D eigenvalue weighted by atomic mass is 9.49. The number of aldehydes is 1. The van der Waals surface area contributed by atoms with Gasteiger partial charge in [-0.05, 0) is 79.8 Å². The summed E-state index contributed by atoms with van der Waals surface area (Å²) in [6.07, 6.45) is 12.0. The molecule has 0 aromatic rings. The van der Waals surface area contributed by atoms with Gasteiger partial charge in [-0.3, -0.25) is 0 Å². The van der Waals surface area contributed by atoms with Gasteiger partial charge in [-0.15, -0.1) is 0 Å². The molecule has 0 saturated heterocycles. The summed E-state index contributed by atoms with van der Waals surface area (Å²) in [5, 5.41) is 11.8. The van der Waals surface area contributed by atoms with Crippen LogP contribution in [0, 0.1) is 34.5 Å². The van der Waals surface area contributed by atoms with Gasteiger partial charge in [0.25, 0.3) is 0 Å². The Morgan fingerprint density at radius 3 is 2.47 bits per heavy atom. The van der Waals surface area contributed by atoms with Crippen LogP contribution in [0.2, 0.25) is 18.1 Å². The summed E-state index contributed by atoms with van der Waals surface area (Å²) in [6.45, 7) is 18.4. The molecule has 0 unspecified atom stereocenters. The van der Waals surface area contributed by atoms with Crippen LogP contribution in [0.3, 0.4) is 0 Å². The molecule has 4 aliphatic rings. The summed E-state index contributed by atoms with van der Waals surface area (Å²) >= 11 is 0. The van der Waals surface area contributed by atoms with Crippen LogP contribution in [-0.4, -0.2) is 31.9 Å². The topological polar surface area (TPSA) is 46.5 Å². The molecule has 3 nitrogen and oxygen atoms in total. The molecule has 0 aromatic heterocycles. The third-order valence-corrected chi connectivity index (χ3v) is 15.4. The van der Waals surface area contributed by atoms with Gasteiger partial charge in [0.2, 0.25) is 0 Å². The predicted molar refractivity (Wildman–Crippen MR) is 134 cm³/mol. The number of aliphatic hydroxyl groups is 1. The van der Waals surface area contributed by atoms with E-state index < -0.39 is 8.32 Å². The van der Waals surface area contributed by atoms with Gasteiger partial charge in [0.15, 0.2) is 8.32 Å². The SMILES string of the molecule is C[C@H](C=O)[C@H]1CC[C@H]2C3=CC=C4C[C@@H](O[Si](C)(C)C(C)(C)C)C[C@H](O)[C@]4(C)[C@H]3CC[C@]12C. The smallest absolute Gasteiger partial charge is 0.192 e. The Morgan fingerprint density at radius 2 is 1.84 bits per heavy atom. The molecule has 0 bridgehead atoms. The number of fused-ring (bicyclic) bond motifs is 5. The van der Waals surface area contributed by atoms with Crippen LogP contribution in [0.1, 0.15) is 80.1 Å². The number of rotatable bonds is 4. The lowest BCUT2D eigenvalue weighted by molar-refractivity contribution is -0.113. The van der Waals surface area contributed by atoms with Gasteiger partial charge in [0.1, 0.15) is 6.29 Å². The predicted octanol–water partition coefficient (Wildman–Crippen LogP) is 6.68. The average molecular weight is 459 g/mol. The third-order valence-electron chi connectivity index (χ3n) is 10.8. The van der Waals surface area contributed by atoms with E-state index >= 15 is 0 Å². The summed E-state index contributed by atoms with van der Waals surface area (Å²) in [5.41, 5.74) is 3.01. The summed E-state index contributed by atoms with van der Waals surface area (Å²) in [4.78, 5) is 11.6. The lowest BCUT2D eigenvalue weighted by Gasteiger charge is -2.57. The minimum atomic E-state index is -1.87. The Bertz CT molecular complexity index is 821. The lowest BCUT2D eigenvalue weighted by Crippen LogP contribution is -2.54. The van der Waals surface area contributed by atoms with Crippen molar-refractivity contribution >= 4 is 14.6 Å². The van der Waals surface area contributed by atoms with Gasteiger partial charge in [-0.2, -0.15) is 0 Å². The third kappa shape index (κ3) is 3.55. The van der Waals surface area contributed by atoms with E-state index in [1.54, 1.807) is 5.57 Å². The highest BCUT2D eigenvalue weighted by Crippen LogP contribution is 2.66. The molecule has 0 amide bonds. The fraction of sp³-hybridized carbons (Fsp3) is 0.821. The standard InChI is InChI=1S/C28H46O3Si/c1-18(17-29)22-11-12-23-21-10-9-19-15-20(31-32(7,8)26(2,3)4)16-25(30)28(19,6)24(21)13-14-27(22,23)5/h9-10,17-18,20,22-25,30H,11-16H2,1-8H3/t18-,20-,22-,23+,24+,25+,27-,28+/m1/s1. The van der Waals surface area contributed by atoms with Gasteiger partial charge in [-0.1, -0.05) is 64.8 Å². The van der Waals surface area contributed by atoms with Gasteiger partial charge in [0, 0.05) is 11.3 Å². The summed E-state index contributed by atoms with van der Waals surface area (Å²) < 4.78 is 6.77. The molecule has 0 radical (unpaired) electrons. The molecule has 4 aliphatic carbocycles. The summed E-state index contributed by atoms with van der Waals surface area (Å²) in [7, 11) is -1.87. The number of carbonyl (C=O) groups excluding carboxylic acids is 1. The molecule has 1 N–H and O–H groups in total. The monoisotopic (exact) mass is 458 g/mol. The maximum absolute atomic E-state index is 11.6. The quantitative estimate of drug-likeness (QED) is 0.377. The maximum Gasteiger partial charge on any atom is 0.192 e. The Kier molecular flexibility index (Phi) is 6.04. The minimum absolute atomic E-state index is 0.123. The highest BCUT2D eigenvalue weighted by atomic mass is 28.4. The first kappa shape index (κ1) is 24.4. The van der Waals surface area contributed by atoms with Crippen molar-refractivity contribution in [2.45, 2.75) is 110 Å². The molecule has 3 fully saturated rings. The first-order valence-corrected chi connectivity index (χ1v) is 15.9. The fourth-order valence-corrected chi connectivity index (χ4v) is 9.08. The molecule has 32 heavy (non-hydrogen) atoms. The molecule has 0 aliphatic heterocycles. The second-order valence-electron chi connectivity index (χ2n) is 13.4. The van der Waals surface area contributed by atoms with Gasteiger partial charge < -0.3 is 14.3 Å². The molecule has 8 atom stereocenters. The Labute approximate surface area is 197 Å². The maximum atomic E-state index is 11.6. The van der Waals surface area contributed by atoms with Crippen molar-refractivity contribution < 1.29 is 14.3 Å². The number of allylic oxidation sites excluding steroid dienone is 3. The van der Waals surface area contributed by atoms with Crippen molar-refractivity contribution in [2.24, 2.45) is 34.5 Å². The van der Waals surface area contributed by atoms with Crippen LogP contribution in [0.5, 0.6) is 0 Å². The van der Waals surface area contributed by atoms with Crippen molar-refractivity contribution in [3.05, 3.63) is 23.3 Å². The Hall–Kier alpha value is -0.713. The van der Waals surface area contributed by atoms with Crippen molar-refractivity contribution in [1.82, 2.24) is 0 Å². The normalized spacial score (nSPS) is 42.8. The number of hydrogen-bond acceptors (Lipinski definition) is 3. The number of aliphatic hydroxyl groups excluding tert-OH is 1. The summed E-state index contributed by atoms with van der Waals surface area (Å²) in [6, 6.07) is 0. The van der Waals surface area contributed by atoms with E-state index in [4.69, 9.17) is 4.43 Å². The molecule has 180 valence electrons. The largest absolute Gasteiger partial charge is 0.414 e. The molecule has 0 spiro atoms.